The number of benzene rings is 3. The van der Waals surface area contributed by atoms with E-state index in [0.29, 0.717) is 11.4 Å². The van der Waals surface area contributed by atoms with Crippen molar-refractivity contribution in [2.24, 2.45) is 0 Å². The Balaban J connectivity index is 1.55. The summed E-state index contributed by atoms with van der Waals surface area (Å²) in [7, 11) is 1.41. The molecule has 0 aliphatic carbocycles. The first-order valence-electron chi connectivity index (χ1n) is 9.54. The summed E-state index contributed by atoms with van der Waals surface area (Å²) in [5.41, 5.74) is 1.31. The molecule has 3 amide bonds. The average Bonchev–Trinajstić information content (AvgIpc) is 3.05. The van der Waals surface area contributed by atoms with Gasteiger partial charge < -0.3 is 10.1 Å². The number of hydrogen-bond donors (Lipinski definition) is 2. The van der Waals surface area contributed by atoms with Crippen LogP contribution in [0.3, 0.4) is 0 Å². The minimum Gasteiger partial charge on any atom is -0.494 e. The van der Waals surface area contributed by atoms with Crippen LogP contribution in [0.4, 0.5) is 11.4 Å². The summed E-state index contributed by atoms with van der Waals surface area (Å²) in [5, 5.41) is 5.60. The molecule has 0 radical (unpaired) electrons. The minimum absolute atomic E-state index is 0.0742. The van der Waals surface area contributed by atoms with Crippen LogP contribution in [-0.4, -0.2) is 29.9 Å². The van der Waals surface area contributed by atoms with Crippen LogP contribution in [0.5, 0.6) is 5.75 Å². The van der Waals surface area contributed by atoms with Crippen molar-refractivity contribution >= 4 is 69.6 Å². The van der Waals surface area contributed by atoms with Crippen LogP contribution >= 0.6 is 35.4 Å². The van der Waals surface area contributed by atoms with Crippen molar-refractivity contribution < 1.29 is 19.1 Å². The standard InChI is InChI=1S/C23H15Cl2N3O4S/c1-32-19-15(24)10-12(11-16(19)25)20(29)27-23(33)26-17-9-5-8-14-18(17)22(31)28(21(14)30)13-6-3-2-4-7-13/h2-11H,1H3,(H2,26,27,29,33). The van der Waals surface area contributed by atoms with E-state index in [-0.39, 0.29) is 37.6 Å². The number of carbonyl (C=O) groups is 3. The number of para-hydroxylation sites is 1. The number of halogens is 2. The molecule has 2 N–H and O–H groups in total. The summed E-state index contributed by atoms with van der Waals surface area (Å²) in [6.45, 7) is 0. The Morgan fingerprint density at radius 1 is 0.970 bits per heavy atom. The topological polar surface area (TPSA) is 87.7 Å². The van der Waals surface area contributed by atoms with Gasteiger partial charge in [-0.2, -0.15) is 0 Å². The molecule has 7 nitrogen and oxygen atoms in total. The molecule has 10 heteroatoms. The molecule has 3 aromatic carbocycles. The Bertz CT molecular complexity index is 1290. The highest BCUT2D eigenvalue weighted by Gasteiger charge is 2.38. The minimum atomic E-state index is -0.570. The van der Waals surface area contributed by atoms with Gasteiger partial charge in [-0.3, -0.25) is 19.7 Å². The zero-order valence-electron chi connectivity index (χ0n) is 17.0. The monoisotopic (exact) mass is 499 g/mol. The molecule has 4 rings (SSSR count). The zero-order chi connectivity index (χ0) is 23.7. The number of hydrogen-bond acceptors (Lipinski definition) is 5. The molecule has 0 atom stereocenters. The Morgan fingerprint density at radius 3 is 2.27 bits per heavy atom. The fourth-order valence-corrected chi connectivity index (χ4v) is 4.26. The van der Waals surface area contributed by atoms with Gasteiger partial charge >= 0.3 is 0 Å². The second kappa shape index (κ2) is 9.19. The van der Waals surface area contributed by atoms with Gasteiger partial charge in [-0.15, -0.1) is 0 Å². The Hall–Kier alpha value is -3.46. The van der Waals surface area contributed by atoms with Crippen LogP contribution in [0.2, 0.25) is 10.0 Å². The molecule has 1 aliphatic heterocycles. The largest absolute Gasteiger partial charge is 0.494 e. The molecule has 1 heterocycles. The lowest BCUT2D eigenvalue weighted by Crippen LogP contribution is -2.34. The van der Waals surface area contributed by atoms with Gasteiger partial charge in [0.2, 0.25) is 0 Å². The predicted octanol–water partition coefficient (Wildman–Crippen LogP) is 4.93. The molecule has 1 aliphatic rings. The van der Waals surface area contributed by atoms with Crippen molar-refractivity contribution in [3.05, 3.63) is 87.4 Å². The van der Waals surface area contributed by atoms with Crippen molar-refractivity contribution in [2.75, 3.05) is 17.3 Å². The molecule has 3 aromatic rings. The van der Waals surface area contributed by atoms with Crippen LogP contribution in [0.25, 0.3) is 0 Å². The fourth-order valence-electron chi connectivity index (χ4n) is 3.42. The lowest BCUT2D eigenvalue weighted by molar-refractivity contribution is 0.0924. The van der Waals surface area contributed by atoms with Crippen molar-refractivity contribution in [1.29, 1.82) is 0 Å². The van der Waals surface area contributed by atoms with Gasteiger partial charge in [-0.25, -0.2) is 4.90 Å². The number of thiocarbonyl (C=S) groups is 1. The quantitative estimate of drug-likeness (QED) is 0.390. The number of carbonyl (C=O) groups excluding carboxylic acids is 3. The van der Waals surface area contributed by atoms with Gasteiger partial charge in [0, 0.05) is 5.56 Å². The van der Waals surface area contributed by atoms with E-state index in [1.54, 1.807) is 48.5 Å². The van der Waals surface area contributed by atoms with E-state index in [2.05, 4.69) is 10.6 Å². The lowest BCUT2D eigenvalue weighted by Gasteiger charge is -2.14. The second-order valence-corrected chi connectivity index (χ2v) is 8.11. The maximum Gasteiger partial charge on any atom is 0.268 e. The maximum absolute atomic E-state index is 13.1. The molecular weight excluding hydrogens is 485 g/mol. The number of ether oxygens (including phenoxy) is 1. The third kappa shape index (κ3) is 4.28. The van der Waals surface area contributed by atoms with Crippen molar-refractivity contribution in [3.63, 3.8) is 0 Å². The van der Waals surface area contributed by atoms with E-state index < -0.39 is 17.7 Å². The van der Waals surface area contributed by atoms with Gasteiger partial charge in [0.1, 0.15) is 0 Å². The molecule has 166 valence electrons. The van der Waals surface area contributed by atoms with Gasteiger partial charge in [0.05, 0.1) is 39.7 Å². The van der Waals surface area contributed by atoms with E-state index >= 15 is 0 Å². The first kappa shape index (κ1) is 22.7. The van der Waals surface area contributed by atoms with Crippen LogP contribution in [0, 0.1) is 0 Å². The number of rotatable bonds is 4. The number of methoxy groups -OCH3 is 1. The molecule has 0 bridgehead atoms. The summed E-state index contributed by atoms with van der Waals surface area (Å²) >= 11 is 17.4. The van der Waals surface area contributed by atoms with Crippen LogP contribution < -0.4 is 20.3 Å². The summed E-state index contributed by atoms with van der Waals surface area (Å²) in [5.74, 6) is -1.25. The SMILES string of the molecule is COc1c(Cl)cc(C(=O)NC(=S)Nc2cccc3c2C(=O)N(c2ccccc2)C3=O)cc1Cl. The van der Waals surface area contributed by atoms with Crippen molar-refractivity contribution in [2.45, 2.75) is 0 Å². The number of fused-ring (bicyclic) bond motifs is 1. The second-order valence-electron chi connectivity index (χ2n) is 6.89. The first-order valence-corrected chi connectivity index (χ1v) is 10.7. The summed E-state index contributed by atoms with van der Waals surface area (Å²) in [6, 6.07) is 16.2. The van der Waals surface area contributed by atoms with E-state index in [0.717, 1.165) is 4.90 Å². The predicted molar refractivity (Wildman–Crippen MR) is 131 cm³/mol. The first-order chi connectivity index (χ1) is 15.8. The summed E-state index contributed by atoms with van der Waals surface area (Å²) in [6.07, 6.45) is 0. The molecule has 0 unspecified atom stereocenters. The molecule has 33 heavy (non-hydrogen) atoms. The normalized spacial score (nSPS) is 12.4. The van der Waals surface area contributed by atoms with E-state index in [1.165, 1.54) is 19.2 Å². The molecule has 0 saturated carbocycles. The van der Waals surface area contributed by atoms with Crippen LogP contribution in [-0.2, 0) is 0 Å². The van der Waals surface area contributed by atoms with Crippen molar-refractivity contribution in [3.8, 4) is 5.75 Å². The van der Waals surface area contributed by atoms with Crippen molar-refractivity contribution in [1.82, 2.24) is 5.32 Å². The highest BCUT2D eigenvalue weighted by molar-refractivity contribution is 7.80. The fraction of sp³-hybridized carbons (Fsp3) is 0.0435. The molecule has 0 fully saturated rings. The zero-order valence-corrected chi connectivity index (χ0v) is 19.3. The van der Waals surface area contributed by atoms with Gasteiger partial charge in [0.25, 0.3) is 17.7 Å². The highest BCUT2D eigenvalue weighted by Crippen LogP contribution is 2.34. The molecule has 0 spiro atoms. The van der Waals surface area contributed by atoms with Gasteiger partial charge in [0.15, 0.2) is 10.9 Å². The molecule has 0 saturated heterocycles. The smallest absolute Gasteiger partial charge is 0.268 e. The Labute approximate surface area is 204 Å². The number of nitrogens with one attached hydrogen (secondary N) is 2. The van der Waals surface area contributed by atoms with Crippen LogP contribution in [0.1, 0.15) is 31.1 Å². The highest BCUT2D eigenvalue weighted by atomic mass is 35.5. The van der Waals surface area contributed by atoms with Gasteiger partial charge in [-0.05, 0) is 48.6 Å². The lowest BCUT2D eigenvalue weighted by atomic mass is 10.1. The third-order valence-corrected chi connectivity index (χ3v) is 5.63. The number of imide groups is 1. The summed E-state index contributed by atoms with van der Waals surface area (Å²) < 4.78 is 5.08. The molecule has 0 aromatic heterocycles. The average molecular weight is 500 g/mol. The van der Waals surface area contributed by atoms with E-state index in [1.807, 2.05) is 0 Å². The third-order valence-electron chi connectivity index (χ3n) is 4.87. The maximum atomic E-state index is 13.1. The number of nitrogens with zero attached hydrogens (tertiary/aromatic N) is 1. The Morgan fingerprint density at radius 2 is 1.64 bits per heavy atom. The van der Waals surface area contributed by atoms with E-state index in [9.17, 15) is 14.4 Å². The molecular formula is C23H15Cl2N3O4S. The van der Waals surface area contributed by atoms with Gasteiger partial charge in [-0.1, -0.05) is 47.5 Å². The number of amides is 3. The Kier molecular flexibility index (Phi) is 6.33. The van der Waals surface area contributed by atoms with Crippen LogP contribution in [0.15, 0.2) is 60.7 Å². The van der Waals surface area contributed by atoms with E-state index in [4.69, 9.17) is 40.2 Å². The summed E-state index contributed by atoms with van der Waals surface area (Å²) in [4.78, 5) is 39.7. The number of anilines is 2.